The minimum Gasteiger partial charge on any atom is -0.324 e. The summed E-state index contributed by atoms with van der Waals surface area (Å²) in [5.74, 6) is -0.185. The summed E-state index contributed by atoms with van der Waals surface area (Å²) >= 11 is 0. The number of nitrogens with one attached hydrogen (secondary N) is 1. The predicted octanol–water partition coefficient (Wildman–Crippen LogP) is 5.01. The van der Waals surface area contributed by atoms with Crippen LogP contribution in [0.2, 0.25) is 0 Å². The third-order valence-electron chi connectivity index (χ3n) is 4.26. The molecule has 128 valence electrons. The molecule has 0 atom stereocenters. The van der Waals surface area contributed by atoms with E-state index >= 15 is 0 Å². The summed E-state index contributed by atoms with van der Waals surface area (Å²) in [5, 5.41) is 12.7. The standard InChI is InChI=1S/C22H24N2O/c1-15-10-9-13-18(16(15)2)21(25)24-20(22(3,4)5)19(14-23)17-11-7-6-8-12-17/h6-13H,1-5H3,(H,24,25)/b20-19-. The van der Waals surface area contributed by atoms with E-state index < -0.39 is 0 Å². The molecule has 25 heavy (non-hydrogen) atoms. The second kappa shape index (κ2) is 7.36. The molecule has 0 radical (unpaired) electrons. The van der Waals surface area contributed by atoms with Crippen molar-refractivity contribution in [2.45, 2.75) is 34.6 Å². The van der Waals surface area contributed by atoms with Crippen molar-refractivity contribution in [3.8, 4) is 6.07 Å². The first-order valence-corrected chi connectivity index (χ1v) is 8.33. The van der Waals surface area contributed by atoms with Crippen molar-refractivity contribution in [1.29, 1.82) is 5.26 Å². The summed E-state index contributed by atoms with van der Waals surface area (Å²) in [6.45, 7) is 9.90. The van der Waals surface area contributed by atoms with Crippen LogP contribution in [0.1, 0.15) is 47.8 Å². The van der Waals surface area contributed by atoms with Gasteiger partial charge in [-0.15, -0.1) is 0 Å². The smallest absolute Gasteiger partial charge is 0.255 e. The largest absolute Gasteiger partial charge is 0.324 e. The van der Waals surface area contributed by atoms with Gasteiger partial charge in [0.15, 0.2) is 0 Å². The maximum Gasteiger partial charge on any atom is 0.255 e. The van der Waals surface area contributed by atoms with Gasteiger partial charge in [-0.05, 0) is 36.6 Å². The van der Waals surface area contributed by atoms with E-state index in [1.54, 1.807) is 0 Å². The summed E-state index contributed by atoms with van der Waals surface area (Å²) in [5.41, 5.74) is 4.19. The highest BCUT2D eigenvalue weighted by Gasteiger charge is 2.25. The molecule has 1 N–H and O–H groups in total. The van der Waals surface area contributed by atoms with Gasteiger partial charge in [-0.25, -0.2) is 0 Å². The Balaban J connectivity index is 2.53. The number of hydrogen-bond acceptors (Lipinski definition) is 2. The number of nitriles is 1. The van der Waals surface area contributed by atoms with Gasteiger partial charge in [-0.3, -0.25) is 4.79 Å². The fraction of sp³-hybridized carbons (Fsp3) is 0.273. The molecule has 0 aliphatic heterocycles. The maximum atomic E-state index is 12.9. The Morgan fingerprint density at radius 3 is 2.20 bits per heavy atom. The number of amides is 1. The van der Waals surface area contributed by atoms with Gasteiger partial charge in [0.05, 0.1) is 5.57 Å². The summed E-state index contributed by atoms with van der Waals surface area (Å²) in [7, 11) is 0. The van der Waals surface area contributed by atoms with Crippen LogP contribution >= 0.6 is 0 Å². The molecule has 0 heterocycles. The van der Waals surface area contributed by atoms with Gasteiger partial charge in [-0.1, -0.05) is 63.2 Å². The van der Waals surface area contributed by atoms with E-state index in [9.17, 15) is 10.1 Å². The number of rotatable bonds is 3. The molecule has 2 aromatic rings. The second-order valence-corrected chi connectivity index (χ2v) is 7.18. The van der Waals surface area contributed by atoms with Crippen LogP contribution in [0.3, 0.4) is 0 Å². The Bertz CT molecular complexity index is 850. The minimum atomic E-state index is -0.381. The van der Waals surface area contributed by atoms with Gasteiger partial charge < -0.3 is 5.32 Å². The lowest BCUT2D eigenvalue weighted by molar-refractivity contribution is 0.0957. The highest BCUT2D eigenvalue weighted by atomic mass is 16.1. The lowest BCUT2D eigenvalue weighted by Crippen LogP contribution is -2.31. The first kappa shape index (κ1) is 18.5. The van der Waals surface area contributed by atoms with Crippen LogP contribution in [0, 0.1) is 30.6 Å². The monoisotopic (exact) mass is 332 g/mol. The molecule has 2 aromatic carbocycles. The van der Waals surface area contributed by atoms with Crippen molar-refractivity contribution in [3.63, 3.8) is 0 Å². The zero-order valence-corrected chi connectivity index (χ0v) is 15.5. The van der Waals surface area contributed by atoms with E-state index in [1.807, 2.05) is 83.1 Å². The van der Waals surface area contributed by atoms with Gasteiger partial charge in [0.25, 0.3) is 5.91 Å². The van der Waals surface area contributed by atoms with E-state index in [0.717, 1.165) is 16.7 Å². The normalized spacial score (nSPS) is 12.2. The Morgan fingerprint density at radius 1 is 1.00 bits per heavy atom. The van der Waals surface area contributed by atoms with Gasteiger partial charge >= 0.3 is 0 Å². The summed E-state index contributed by atoms with van der Waals surface area (Å²) < 4.78 is 0. The molecule has 3 heteroatoms. The predicted molar refractivity (Wildman–Crippen MR) is 102 cm³/mol. The molecule has 0 saturated carbocycles. The van der Waals surface area contributed by atoms with Crippen molar-refractivity contribution in [1.82, 2.24) is 5.32 Å². The van der Waals surface area contributed by atoms with Crippen molar-refractivity contribution < 1.29 is 4.79 Å². The van der Waals surface area contributed by atoms with E-state index in [2.05, 4.69) is 11.4 Å². The average molecular weight is 332 g/mol. The van der Waals surface area contributed by atoms with Crippen LogP contribution in [0.25, 0.3) is 5.57 Å². The molecule has 1 amide bonds. The molecule has 0 unspecified atom stereocenters. The highest BCUT2D eigenvalue weighted by Crippen LogP contribution is 2.31. The van der Waals surface area contributed by atoms with Gasteiger partial charge in [0, 0.05) is 16.7 Å². The summed E-state index contributed by atoms with van der Waals surface area (Å²) in [4.78, 5) is 12.9. The minimum absolute atomic E-state index is 0.185. The van der Waals surface area contributed by atoms with Crippen molar-refractivity contribution >= 4 is 11.5 Å². The van der Waals surface area contributed by atoms with Crippen molar-refractivity contribution in [2.75, 3.05) is 0 Å². The van der Waals surface area contributed by atoms with Gasteiger partial charge in [0.2, 0.25) is 0 Å². The molecule has 0 aromatic heterocycles. The number of carbonyl (C=O) groups excluding carboxylic acids is 1. The molecule has 0 aliphatic carbocycles. The van der Waals surface area contributed by atoms with Gasteiger partial charge in [0.1, 0.15) is 6.07 Å². The van der Waals surface area contributed by atoms with Crippen LogP contribution in [-0.2, 0) is 0 Å². The number of allylic oxidation sites excluding steroid dienone is 2. The quantitative estimate of drug-likeness (QED) is 0.803. The first-order valence-electron chi connectivity index (χ1n) is 8.33. The lowest BCUT2D eigenvalue weighted by atomic mass is 9.86. The number of aryl methyl sites for hydroxylation is 1. The van der Waals surface area contributed by atoms with Crippen molar-refractivity contribution in [3.05, 3.63) is 76.5 Å². The van der Waals surface area contributed by atoms with Crippen molar-refractivity contribution in [2.24, 2.45) is 5.41 Å². The number of hydrogen-bond donors (Lipinski definition) is 1. The molecule has 2 rings (SSSR count). The average Bonchev–Trinajstić information content (AvgIpc) is 2.57. The molecular formula is C22H24N2O. The molecular weight excluding hydrogens is 308 g/mol. The topological polar surface area (TPSA) is 52.9 Å². The number of nitrogens with zero attached hydrogens (tertiary/aromatic N) is 1. The Kier molecular flexibility index (Phi) is 5.44. The zero-order chi connectivity index (χ0) is 18.6. The maximum absolute atomic E-state index is 12.9. The van der Waals surface area contributed by atoms with Crippen LogP contribution < -0.4 is 5.32 Å². The number of carbonyl (C=O) groups is 1. The fourth-order valence-electron chi connectivity index (χ4n) is 2.67. The van der Waals surface area contributed by atoms with Gasteiger partial charge in [-0.2, -0.15) is 5.26 Å². The van der Waals surface area contributed by atoms with Crippen LogP contribution in [-0.4, -0.2) is 5.91 Å². The SMILES string of the molecule is Cc1cccc(C(=O)N/C(=C(/C#N)c2ccccc2)C(C)(C)C)c1C. The summed E-state index contributed by atoms with van der Waals surface area (Å²) in [6, 6.07) is 17.4. The summed E-state index contributed by atoms with van der Waals surface area (Å²) in [6.07, 6.45) is 0. The Morgan fingerprint density at radius 2 is 1.64 bits per heavy atom. The van der Waals surface area contributed by atoms with E-state index in [1.165, 1.54) is 0 Å². The number of benzene rings is 2. The second-order valence-electron chi connectivity index (χ2n) is 7.18. The third kappa shape index (κ3) is 4.16. The fourth-order valence-corrected chi connectivity index (χ4v) is 2.67. The third-order valence-corrected chi connectivity index (χ3v) is 4.26. The van der Waals surface area contributed by atoms with Crippen LogP contribution in [0.5, 0.6) is 0 Å². The van der Waals surface area contributed by atoms with E-state index in [-0.39, 0.29) is 11.3 Å². The Hall–Kier alpha value is -2.86. The molecule has 0 aliphatic rings. The highest BCUT2D eigenvalue weighted by molar-refractivity contribution is 5.98. The first-order chi connectivity index (χ1) is 11.8. The Labute approximate surface area is 150 Å². The van der Waals surface area contributed by atoms with Crippen LogP contribution in [0.15, 0.2) is 54.2 Å². The van der Waals surface area contributed by atoms with E-state index in [0.29, 0.717) is 16.8 Å². The zero-order valence-electron chi connectivity index (χ0n) is 15.5. The molecule has 0 fully saturated rings. The molecule has 0 spiro atoms. The molecule has 3 nitrogen and oxygen atoms in total. The molecule has 0 saturated heterocycles. The van der Waals surface area contributed by atoms with Crippen LogP contribution in [0.4, 0.5) is 0 Å². The lowest BCUT2D eigenvalue weighted by Gasteiger charge is -2.26. The van der Waals surface area contributed by atoms with E-state index in [4.69, 9.17) is 0 Å². The molecule has 0 bridgehead atoms.